The molecule has 0 radical (unpaired) electrons. The Morgan fingerprint density at radius 1 is 1.50 bits per heavy atom. The van der Waals surface area contributed by atoms with Crippen molar-refractivity contribution < 1.29 is 14.7 Å². The summed E-state index contributed by atoms with van der Waals surface area (Å²) in [6.07, 6.45) is 2.14. The maximum atomic E-state index is 12.1. The quantitative estimate of drug-likeness (QED) is 0.525. The van der Waals surface area contributed by atoms with Crippen molar-refractivity contribution in [3.05, 3.63) is 21.7 Å². The summed E-state index contributed by atoms with van der Waals surface area (Å²) >= 11 is 1.19. The number of carboxylic acids is 1. The number of aliphatic carboxylic acids is 1. The largest absolute Gasteiger partial charge is 0.481 e. The van der Waals surface area contributed by atoms with Crippen LogP contribution >= 0.6 is 11.8 Å². The van der Waals surface area contributed by atoms with Crippen LogP contribution in [0.15, 0.2) is 9.82 Å². The predicted octanol–water partition coefficient (Wildman–Crippen LogP) is 0.641. The number of thioether (sulfide) groups is 1. The van der Waals surface area contributed by atoms with E-state index >= 15 is 0 Å². The molecule has 1 aromatic rings. The Bertz CT molecular complexity index is 570. The van der Waals surface area contributed by atoms with Gasteiger partial charge in [0.25, 0.3) is 5.91 Å². The minimum Gasteiger partial charge on any atom is -0.481 e. The van der Waals surface area contributed by atoms with Crippen molar-refractivity contribution in [2.45, 2.75) is 25.3 Å². The average molecular weight is 299 g/mol. The molecule has 1 unspecified atom stereocenters. The van der Waals surface area contributed by atoms with Crippen LogP contribution in [0.1, 0.15) is 29.4 Å². The number of nitrogens with one attached hydrogen (secondary N) is 2. The van der Waals surface area contributed by atoms with Crippen molar-refractivity contribution in [2.75, 3.05) is 12.8 Å². The maximum absolute atomic E-state index is 12.1. The van der Waals surface area contributed by atoms with Crippen LogP contribution < -0.4 is 11.0 Å². The SMILES string of the molecule is CCC(CNC(=O)c1c(SC)nc(=O)[nH]c1C)C(=O)O. The third-order valence-corrected chi connectivity index (χ3v) is 3.54. The summed E-state index contributed by atoms with van der Waals surface area (Å²) in [5.74, 6) is -2.02. The van der Waals surface area contributed by atoms with Gasteiger partial charge in [0.05, 0.1) is 11.5 Å². The number of amides is 1. The van der Waals surface area contributed by atoms with Crippen molar-refractivity contribution in [2.24, 2.45) is 5.92 Å². The highest BCUT2D eigenvalue weighted by atomic mass is 32.2. The minimum absolute atomic E-state index is 0.0387. The van der Waals surface area contributed by atoms with Gasteiger partial charge in [-0.1, -0.05) is 6.92 Å². The molecule has 20 heavy (non-hydrogen) atoms. The highest BCUT2D eigenvalue weighted by Gasteiger charge is 2.20. The molecule has 0 aliphatic rings. The monoisotopic (exact) mass is 299 g/mol. The molecule has 0 fully saturated rings. The third kappa shape index (κ3) is 3.83. The molecule has 0 spiro atoms. The van der Waals surface area contributed by atoms with Gasteiger partial charge in [0.15, 0.2) is 0 Å². The van der Waals surface area contributed by atoms with Crippen LogP contribution in [-0.2, 0) is 4.79 Å². The molecule has 1 amide bonds. The first kappa shape index (κ1) is 16.2. The van der Waals surface area contributed by atoms with Crippen molar-refractivity contribution in [3.8, 4) is 0 Å². The van der Waals surface area contributed by atoms with E-state index in [4.69, 9.17) is 5.11 Å². The second-order valence-electron chi connectivity index (χ2n) is 4.20. The lowest BCUT2D eigenvalue weighted by molar-refractivity contribution is -0.141. The summed E-state index contributed by atoms with van der Waals surface area (Å²) in [7, 11) is 0. The number of carbonyl (C=O) groups excluding carboxylic acids is 1. The zero-order valence-electron chi connectivity index (χ0n) is 11.5. The fourth-order valence-electron chi connectivity index (χ4n) is 1.69. The van der Waals surface area contributed by atoms with Crippen LogP contribution in [0.3, 0.4) is 0 Å². The molecule has 1 rings (SSSR count). The molecule has 0 saturated carbocycles. The summed E-state index contributed by atoms with van der Waals surface area (Å²) < 4.78 is 0. The number of hydrogen-bond donors (Lipinski definition) is 3. The highest BCUT2D eigenvalue weighted by Crippen LogP contribution is 2.17. The lowest BCUT2D eigenvalue weighted by atomic mass is 10.1. The normalized spacial score (nSPS) is 11.9. The molecular formula is C12H17N3O4S. The number of aryl methyl sites for hydroxylation is 1. The van der Waals surface area contributed by atoms with Gasteiger partial charge in [-0.05, 0) is 19.6 Å². The Hall–Kier alpha value is -1.83. The van der Waals surface area contributed by atoms with E-state index in [1.807, 2.05) is 0 Å². The standard InChI is InChI=1S/C12H17N3O4S/c1-4-7(11(17)18)5-13-9(16)8-6(2)14-12(19)15-10(8)20-3/h7H,4-5H2,1-3H3,(H,13,16)(H,17,18)(H,14,15,19). The van der Waals surface area contributed by atoms with E-state index in [2.05, 4.69) is 15.3 Å². The Kier molecular flexibility index (Phi) is 5.75. The van der Waals surface area contributed by atoms with Gasteiger partial charge in [0.2, 0.25) is 0 Å². The van der Waals surface area contributed by atoms with Crippen LogP contribution in [0, 0.1) is 12.8 Å². The van der Waals surface area contributed by atoms with Crippen molar-refractivity contribution in [1.82, 2.24) is 15.3 Å². The topological polar surface area (TPSA) is 112 Å². The molecule has 3 N–H and O–H groups in total. The van der Waals surface area contributed by atoms with E-state index in [9.17, 15) is 14.4 Å². The molecule has 0 aliphatic heterocycles. The number of carbonyl (C=O) groups is 2. The number of hydrogen-bond acceptors (Lipinski definition) is 5. The number of carboxylic acid groups (broad SMARTS) is 1. The second-order valence-corrected chi connectivity index (χ2v) is 5.00. The van der Waals surface area contributed by atoms with Crippen molar-refractivity contribution in [1.29, 1.82) is 0 Å². The van der Waals surface area contributed by atoms with Crippen LogP contribution in [0.2, 0.25) is 0 Å². The van der Waals surface area contributed by atoms with E-state index < -0.39 is 23.5 Å². The Morgan fingerprint density at radius 3 is 2.65 bits per heavy atom. The van der Waals surface area contributed by atoms with Gasteiger partial charge in [-0.2, -0.15) is 4.98 Å². The average Bonchev–Trinajstić information content (AvgIpc) is 2.37. The molecule has 7 nitrogen and oxygen atoms in total. The number of nitrogens with zero attached hydrogens (tertiary/aromatic N) is 1. The fraction of sp³-hybridized carbons (Fsp3) is 0.500. The molecule has 8 heteroatoms. The van der Waals surface area contributed by atoms with Crippen LogP contribution in [0.4, 0.5) is 0 Å². The summed E-state index contributed by atoms with van der Waals surface area (Å²) in [6, 6.07) is 0. The second kappa shape index (κ2) is 7.09. The van der Waals surface area contributed by atoms with Crippen molar-refractivity contribution in [3.63, 3.8) is 0 Å². The van der Waals surface area contributed by atoms with Gasteiger partial charge < -0.3 is 15.4 Å². The molecule has 110 valence electrons. The lowest BCUT2D eigenvalue weighted by Gasteiger charge is -2.13. The molecular weight excluding hydrogens is 282 g/mol. The van der Waals surface area contributed by atoms with Gasteiger partial charge in [0.1, 0.15) is 5.03 Å². The summed E-state index contributed by atoms with van der Waals surface area (Å²) in [4.78, 5) is 40.5. The molecule has 0 aromatic carbocycles. The first-order valence-electron chi connectivity index (χ1n) is 6.06. The summed E-state index contributed by atoms with van der Waals surface area (Å²) in [5, 5.41) is 11.8. The van der Waals surface area contributed by atoms with Gasteiger partial charge in [-0.3, -0.25) is 9.59 Å². The van der Waals surface area contributed by atoms with E-state index in [0.717, 1.165) is 0 Å². The molecule has 0 saturated heterocycles. The fourth-order valence-corrected chi connectivity index (χ4v) is 2.31. The molecule has 1 heterocycles. The number of rotatable bonds is 6. The Labute approximate surface area is 120 Å². The first-order valence-corrected chi connectivity index (χ1v) is 7.29. The summed E-state index contributed by atoms with van der Waals surface area (Å²) in [5.41, 5.74) is 0.174. The summed E-state index contributed by atoms with van der Waals surface area (Å²) in [6.45, 7) is 3.38. The Balaban J connectivity index is 2.93. The molecule has 1 aromatic heterocycles. The van der Waals surface area contributed by atoms with E-state index in [0.29, 0.717) is 17.1 Å². The molecule has 0 aliphatic carbocycles. The number of H-pyrrole nitrogens is 1. The van der Waals surface area contributed by atoms with E-state index in [-0.39, 0.29) is 12.1 Å². The molecule has 1 atom stereocenters. The highest BCUT2D eigenvalue weighted by molar-refractivity contribution is 7.98. The third-order valence-electron chi connectivity index (χ3n) is 2.86. The number of aromatic nitrogens is 2. The molecule has 0 bridgehead atoms. The lowest BCUT2D eigenvalue weighted by Crippen LogP contribution is -2.34. The van der Waals surface area contributed by atoms with Crippen molar-refractivity contribution >= 4 is 23.6 Å². The first-order chi connectivity index (χ1) is 9.40. The van der Waals surface area contributed by atoms with Gasteiger partial charge in [-0.25, -0.2) is 4.79 Å². The smallest absolute Gasteiger partial charge is 0.346 e. The Morgan fingerprint density at radius 2 is 2.15 bits per heavy atom. The van der Waals surface area contributed by atoms with Gasteiger partial charge in [0, 0.05) is 12.2 Å². The zero-order valence-corrected chi connectivity index (χ0v) is 12.3. The maximum Gasteiger partial charge on any atom is 0.346 e. The zero-order chi connectivity index (χ0) is 15.3. The van der Waals surface area contributed by atoms with Crippen LogP contribution in [0.25, 0.3) is 0 Å². The van der Waals surface area contributed by atoms with Gasteiger partial charge in [-0.15, -0.1) is 11.8 Å². The number of aromatic amines is 1. The van der Waals surface area contributed by atoms with E-state index in [1.165, 1.54) is 11.8 Å². The van der Waals surface area contributed by atoms with Crippen LogP contribution in [-0.4, -0.2) is 39.8 Å². The van der Waals surface area contributed by atoms with Gasteiger partial charge >= 0.3 is 11.7 Å². The minimum atomic E-state index is -0.950. The van der Waals surface area contributed by atoms with Crippen LogP contribution in [0.5, 0.6) is 0 Å². The predicted molar refractivity (Wildman–Crippen MR) is 75.1 cm³/mol. The van der Waals surface area contributed by atoms with E-state index in [1.54, 1.807) is 20.1 Å².